The van der Waals surface area contributed by atoms with Crippen molar-refractivity contribution in [2.75, 3.05) is 38.2 Å². The van der Waals surface area contributed by atoms with Crippen molar-refractivity contribution >= 4 is 11.8 Å². The Hall–Kier alpha value is 0.270. The third-order valence-corrected chi connectivity index (χ3v) is 2.38. The van der Waals surface area contributed by atoms with Crippen molar-refractivity contribution in [3.8, 4) is 0 Å². The molecule has 0 radical (unpaired) electrons. The minimum Gasteiger partial charge on any atom is -0.395 e. The lowest BCUT2D eigenvalue weighted by atomic mass is 10.4. The van der Waals surface area contributed by atoms with E-state index in [1.807, 2.05) is 11.8 Å². The molecule has 11 heavy (non-hydrogen) atoms. The van der Waals surface area contributed by atoms with E-state index in [0.717, 1.165) is 19.6 Å². The largest absolute Gasteiger partial charge is 0.395 e. The van der Waals surface area contributed by atoms with Crippen LogP contribution in [-0.4, -0.2) is 48.3 Å². The van der Waals surface area contributed by atoms with Gasteiger partial charge in [0.15, 0.2) is 0 Å². The highest BCUT2D eigenvalue weighted by Crippen LogP contribution is 1.97. The van der Waals surface area contributed by atoms with Gasteiger partial charge in [0.05, 0.1) is 6.61 Å². The third kappa shape index (κ3) is 6.66. The molecule has 0 aliphatic carbocycles. The SMILES string of the molecule is CCN(CCO)CCCSC. The molecule has 2 nitrogen and oxygen atoms in total. The van der Waals surface area contributed by atoms with Crippen LogP contribution < -0.4 is 0 Å². The smallest absolute Gasteiger partial charge is 0.0558 e. The first-order valence-corrected chi connectivity index (χ1v) is 5.56. The molecule has 0 aromatic heterocycles. The highest BCUT2D eigenvalue weighted by Gasteiger charge is 1.98. The number of nitrogens with zero attached hydrogens (tertiary/aromatic N) is 1. The van der Waals surface area contributed by atoms with Crippen LogP contribution in [0.2, 0.25) is 0 Å². The Balaban J connectivity index is 3.20. The lowest BCUT2D eigenvalue weighted by molar-refractivity contribution is 0.202. The van der Waals surface area contributed by atoms with Gasteiger partial charge < -0.3 is 10.0 Å². The van der Waals surface area contributed by atoms with Gasteiger partial charge in [-0.2, -0.15) is 11.8 Å². The van der Waals surface area contributed by atoms with E-state index in [0.29, 0.717) is 0 Å². The molecule has 0 aromatic rings. The Labute approximate surface area is 74.0 Å². The first-order chi connectivity index (χ1) is 5.35. The minimum atomic E-state index is 0.285. The van der Waals surface area contributed by atoms with Gasteiger partial charge in [-0.3, -0.25) is 0 Å². The maximum atomic E-state index is 8.68. The van der Waals surface area contributed by atoms with Crippen LogP contribution in [0.15, 0.2) is 0 Å². The predicted molar refractivity (Wildman–Crippen MR) is 52.2 cm³/mol. The van der Waals surface area contributed by atoms with Crippen molar-refractivity contribution < 1.29 is 5.11 Å². The molecule has 0 fully saturated rings. The van der Waals surface area contributed by atoms with Gasteiger partial charge in [-0.15, -0.1) is 0 Å². The Morgan fingerprint density at radius 3 is 2.55 bits per heavy atom. The Bertz CT molecular complexity index is 80.5. The molecule has 0 bridgehead atoms. The van der Waals surface area contributed by atoms with Crippen molar-refractivity contribution in [3.63, 3.8) is 0 Å². The summed E-state index contributed by atoms with van der Waals surface area (Å²) in [4.78, 5) is 2.27. The van der Waals surface area contributed by atoms with Gasteiger partial charge >= 0.3 is 0 Å². The molecule has 0 aliphatic heterocycles. The molecular formula is C8H19NOS. The van der Waals surface area contributed by atoms with Crippen LogP contribution in [0.25, 0.3) is 0 Å². The van der Waals surface area contributed by atoms with Gasteiger partial charge in [0, 0.05) is 6.54 Å². The van der Waals surface area contributed by atoms with Crippen LogP contribution in [0.4, 0.5) is 0 Å². The monoisotopic (exact) mass is 177 g/mol. The second-order valence-electron chi connectivity index (χ2n) is 2.50. The van der Waals surface area contributed by atoms with E-state index in [1.165, 1.54) is 12.2 Å². The molecular weight excluding hydrogens is 158 g/mol. The van der Waals surface area contributed by atoms with E-state index in [-0.39, 0.29) is 6.61 Å². The molecule has 0 amide bonds. The lowest BCUT2D eigenvalue weighted by Crippen LogP contribution is -2.27. The number of hydrogen-bond donors (Lipinski definition) is 1. The molecule has 0 saturated carbocycles. The van der Waals surface area contributed by atoms with E-state index in [9.17, 15) is 0 Å². The van der Waals surface area contributed by atoms with Gasteiger partial charge in [0.25, 0.3) is 0 Å². The maximum absolute atomic E-state index is 8.68. The fourth-order valence-corrected chi connectivity index (χ4v) is 1.42. The third-order valence-electron chi connectivity index (χ3n) is 1.69. The van der Waals surface area contributed by atoms with E-state index in [4.69, 9.17) is 5.11 Å². The number of aliphatic hydroxyl groups excluding tert-OH is 1. The topological polar surface area (TPSA) is 23.5 Å². The molecule has 0 rings (SSSR count). The normalized spacial score (nSPS) is 10.9. The lowest BCUT2D eigenvalue weighted by Gasteiger charge is -2.18. The van der Waals surface area contributed by atoms with Crippen LogP contribution in [0, 0.1) is 0 Å². The highest BCUT2D eigenvalue weighted by atomic mass is 32.2. The van der Waals surface area contributed by atoms with Gasteiger partial charge in [-0.05, 0) is 31.5 Å². The molecule has 0 aliphatic rings. The molecule has 0 unspecified atom stereocenters. The Morgan fingerprint density at radius 2 is 2.09 bits per heavy atom. The maximum Gasteiger partial charge on any atom is 0.0558 e. The zero-order chi connectivity index (χ0) is 8.53. The molecule has 0 aromatic carbocycles. The van der Waals surface area contributed by atoms with E-state index in [2.05, 4.69) is 18.1 Å². The molecule has 0 spiro atoms. The van der Waals surface area contributed by atoms with Gasteiger partial charge in [-0.25, -0.2) is 0 Å². The fraction of sp³-hybridized carbons (Fsp3) is 1.00. The van der Waals surface area contributed by atoms with Gasteiger partial charge in [0.2, 0.25) is 0 Å². The summed E-state index contributed by atoms with van der Waals surface area (Å²) in [6.07, 6.45) is 3.36. The highest BCUT2D eigenvalue weighted by molar-refractivity contribution is 7.98. The number of likely N-dealkylation sites (N-methyl/N-ethyl adjacent to an activating group) is 1. The summed E-state index contributed by atoms with van der Waals surface area (Å²) in [5.41, 5.74) is 0. The molecule has 68 valence electrons. The molecule has 1 N–H and O–H groups in total. The summed E-state index contributed by atoms with van der Waals surface area (Å²) in [5.74, 6) is 1.22. The summed E-state index contributed by atoms with van der Waals surface area (Å²) < 4.78 is 0. The molecule has 0 saturated heterocycles. The summed E-state index contributed by atoms with van der Waals surface area (Å²) in [5, 5.41) is 8.68. The Morgan fingerprint density at radius 1 is 1.36 bits per heavy atom. The number of hydrogen-bond acceptors (Lipinski definition) is 3. The summed E-state index contributed by atoms with van der Waals surface area (Å²) in [6, 6.07) is 0. The van der Waals surface area contributed by atoms with E-state index in [1.54, 1.807) is 0 Å². The molecule has 0 heterocycles. The van der Waals surface area contributed by atoms with Gasteiger partial charge in [0.1, 0.15) is 0 Å². The number of aliphatic hydroxyl groups is 1. The summed E-state index contributed by atoms with van der Waals surface area (Å²) in [6.45, 7) is 5.42. The zero-order valence-electron chi connectivity index (χ0n) is 7.55. The van der Waals surface area contributed by atoms with Crippen molar-refractivity contribution in [1.82, 2.24) is 4.90 Å². The quantitative estimate of drug-likeness (QED) is 0.588. The van der Waals surface area contributed by atoms with Crippen LogP contribution in [0.3, 0.4) is 0 Å². The first-order valence-electron chi connectivity index (χ1n) is 4.17. The average Bonchev–Trinajstić information content (AvgIpc) is 2.03. The standard InChI is InChI=1S/C8H19NOS/c1-3-9(6-7-10)5-4-8-11-2/h10H,3-8H2,1-2H3. The number of rotatable bonds is 7. The second-order valence-corrected chi connectivity index (χ2v) is 3.49. The minimum absolute atomic E-state index is 0.285. The average molecular weight is 177 g/mol. The summed E-state index contributed by atoms with van der Waals surface area (Å²) >= 11 is 1.88. The first kappa shape index (κ1) is 11.3. The van der Waals surface area contributed by atoms with Crippen LogP contribution in [0.1, 0.15) is 13.3 Å². The fourth-order valence-electron chi connectivity index (χ4n) is 1.00. The Kier molecular flexibility index (Phi) is 8.57. The van der Waals surface area contributed by atoms with Crippen LogP contribution >= 0.6 is 11.8 Å². The predicted octanol–water partition coefficient (Wildman–Crippen LogP) is 1.05. The second kappa shape index (κ2) is 8.37. The van der Waals surface area contributed by atoms with Crippen LogP contribution in [0.5, 0.6) is 0 Å². The van der Waals surface area contributed by atoms with Gasteiger partial charge in [-0.1, -0.05) is 6.92 Å². The van der Waals surface area contributed by atoms with Crippen molar-refractivity contribution in [2.24, 2.45) is 0 Å². The molecule has 3 heteroatoms. The van der Waals surface area contributed by atoms with Crippen LogP contribution in [-0.2, 0) is 0 Å². The van der Waals surface area contributed by atoms with Crippen molar-refractivity contribution in [2.45, 2.75) is 13.3 Å². The summed E-state index contributed by atoms with van der Waals surface area (Å²) in [7, 11) is 0. The number of thioether (sulfide) groups is 1. The molecule has 0 atom stereocenters. The van der Waals surface area contributed by atoms with Crippen molar-refractivity contribution in [1.29, 1.82) is 0 Å². The zero-order valence-corrected chi connectivity index (χ0v) is 8.36. The van der Waals surface area contributed by atoms with E-state index >= 15 is 0 Å². The van der Waals surface area contributed by atoms with E-state index < -0.39 is 0 Å². The van der Waals surface area contributed by atoms with Crippen molar-refractivity contribution in [3.05, 3.63) is 0 Å².